The molecule has 0 radical (unpaired) electrons. The number of nitrogens with one attached hydrogen (secondary N) is 1. The maximum atomic E-state index is 12.3. The van der Waals surface area contributed by atoms with Gasteiger partial charge in [0.25, 0.3) is 0 Å². The zero-order valence-electron chi connectivity index (χ0n) is 15.5. The number of hydrogen-bond donors (Lipinski definition) is 1. The van der Waals surface area contributed by atoms with E-state index in [2.05, 4.69) is 54.1 Å². The predicted molar refractivity (Wildman–Crippen MR) is 106 cm³/mol. The summed E-state index contributed by atoms with van der Waals surface area (Å²) in [4.78, 5) is 16.5. The summed E-state index contributed by atoms with van der Waals surface area (Å²) in [7, 11) is 0. The van der Waals surface area contributed by atoms with Gasteiger partial charge in [0.05, 0.1) is 6.54 Å². The Kier molecular flexibility index (Phi) is 5.80. The van der Waals surface area contributed by atoms with Crippen molar-refractivity contribution in [1.82, 2.24) is 10.2 Å². The molecule has 0 aromatic heterocycles. The number of aryl methyl sites for hydroxylation is 1. The zero-order chi connectivity index (χ0) is 18.4. The molecule has 1 N–H and O–H groups in total. The van der Waals surface area contributed by atoms with E-state index in [0.29, 0.717) is 6.54 Å². The van der Waals surface area contributed by atoms with Crippen LogP contribution < -0.4 is 10.2 Å². The quantitative estimate of drug-likeness (QED) is 0.847. The van der Waals surface area contributed by atoms with Gasteiger partial charge >= 0.3 is 6.03 Å². The molecule has 2 aromatic carbocycles. The molecule has 0 unspecified atom stereocenters. The number of amides is 2. The number of rotatable bonds is 2. The van der Waals surface area contributed by atoms with Crippen molar-refractivity contribution < 1.29 is 4.79 Å². The van der Waals surface area contributed by atoms with Gasteiger partial charge in [0.1, 0.15) is 0 Å². The third-order valence-electron chi connectivity index (χ3n) is 4.82. The van der Waals surface area contributed by atoms with E-state index in [0.717, 1.165) is 31.7 Å². The highest BCUT2D eigenvalue weighted by molar-refractivity contribution is 5.75. The van der Waals surface area contributed by atoms with Crippen LogP contribution in [-0.2, 0) is 0 Å². The molecule has 0 saturated carbocycles. The molecule has 1 aliphatic heterocycles. The molecule has 0 aliphatic carbocycles. The molecule has 1 heterocycles. The van der Waals surface area contributed by atoms with Crippen molar-refractivity contribution in [2.45, 2.75) is 13.8 Å². The molecule has 1 aliphatic rings. The lowest BCUT2D eigenvalue weighted by Crippen LogP contribution is -2.52. The lowest BCUT2D eigenvalue weighted by molar-refractivity contribution is 0.195. The molecule has 4 heteroatoms. The summed E-state index contributed by atoms with van der Waals surface area (Å²) in [5.74, 6) is 6.05. The molecule has 2 aromatic rings. The van der Waals surface area contributed by atoms with Crippen molar-refractivity contribution in [3.8, 4) is 11.8 Å². The Labute approximate surface area is 155 Å². The van der Waals surface area contributed by atoms with Crippen LogP contribution in [0.4, 0.5) is 10.5 Å². The normalized spacial score (nSPS) is 13.8. The van der Waals surface area contributed by atoms with Crippen molar-refractivity contribution in [2.24, 2.45) is 0 Å². The maximum Gasteiger partial charge on any atom is 0.318 e. The lowest BCUT2D eigenvalue weighted by atomic mass is 10.1. The minimum Gasteiger partial charge on any atom is -0.368 e. The van der Waals surface area contributed by atoms with Crippen molar-refractivity contribution in [3.05, 3.63) is 65.2 Å². The molecule has 0 bridgehead atoms. The average Bonchev–Trinajstić information content (AvgIpc) is 2.68. The highest BCUT2D eigenvalue weighted by Crippen LogP contribution is 2.23. The first kappa shape index (κ1) is 17.9. The summed E-state index contributed by atoms with van der Waals surface area (Å²) < 4.78 is 0. The van der Waals surface area contributed by atoms with Gasteiger partial charge in [-0.3, -0.25) is 0 Å². The Morgan fingerprint density at radius 1 is 1.00 bits per heavy atom. The van der Waals surface area contributed by atoms with Crippen LogP contribution in [0.2, 0.25) is 0 Å². The SMILES string of the molecule is Cc1cccc(N2CCN(C(=O)NCC#Cc3ccccc3)CC2)c1C. The molecule has 1 fully saturated rings. The molecule has 1 saturated heterocycles. The second-order valence-electron chi connectivity index (χ2n) is 6.52. The number of nitrogens with zero attached hydrogens (tertiary/aromatic N) is 2. The van der Waals surface area contributed by atoms with Crippen LogP contribution >= 0.6 is 0 Å². The number of carbonyl (C=O) groups is 1. The highest BCUT2D eigenvalue weighted by atomic mass is 16.2. The number of benzene rings is 2. The zero-order valence-corrected chi connectivity index (χ0v) is 15.5. The van der Waals surface area contributed by atoms with Gasteiger partial charge in [0.15, 0.2) is 0 Å². The monoisotopic (exact) mass is 347 g/mol. The molecule has 134 valence electrons. The van der Waals surface area contributed by atoms with E-state index < -0.39 is 0 Å². The Hall–Kier alpha value is -2.93. The summed E-state index contributed by atoms with van der Waals surface area (Å²) in [5.41, 5.74) is 4.86. The summed E-state index contributed by atoms with van der Waals surface area (Å²) in [6.45, 7) is 7.83. The minimum absolute atomic E-state index is 0.0343. The fourth-order valence-corrected chi connectivity index (χ4v) is 3.13. The number of urea groups is 1. The highest BCUT2D eigenvalue weighted by Gasteiger charge is 2.21. The van der Waals surface area contributed by atoms with E-state index in [9.17, 15) is 4.79 Å². The van der Waals surface area contributed by atoms with Crippen molar-refractivity contribution in [3.63, 3.8) is 0 Å². The van der Waals surface area contributed by atoms with E-state index in [4.69, 9.17) is 0 Å². The van der Waals surface area contributed by atoms with Crippen molar-refractivity contribution in [1.29, 1.82) is 0 Å². The van der Waals surface area contributed by atoms with Gasteiger partial charge in [0.2, 0.25) is 0 Å². The standard InChI is InChI=1S/C22H25N3O/c1-18-8-6-12-21(19(18)2)24-14-16-25(17-15-24)22(26)23-13-7-11-20-9-4-3-5-10-20/h3-6,8-10,12H,13-17H2,1-2H3,(H,23,26). The van der Waals surface area contributed by atoms with Crippen LogP contribution in [0.1, 0.15) is 16.7 Å². The molecule has 0 atom stereocenters. The van der Waals surface area contributed by atoms with Crippen LogP contribution in [-0.4, -0.2) is 43.7 Å². The van der Waals surface area contributed by atoms with E-state index in [1.165, 1.54) is 16.8 Å². The van der Waals surface area contributed by atoms with Gasteiger partial charge in [-0.2, -0.15) is 0 Å². The Balaban J connectivity index is 1.48. The van der Waals surface area contributed by atoms with Gasteiger partial charge in [-0.15, -0.1) is 0 Å². The van der Waals surface area contributed by atoms with E-state index >= 15 is 0 Å². The van der Waals surface area contributed by atoms with Gasteiger partial charge in [-0.05, 0) is 43.2 Å². The number of anilines is 1. The van der Waals surface area contributed by atoms with Gasteiger partial charge < -0.3 is 15.1 Å². The van der Waals surface area contributed by atoms with E-state index in [1.54, 1.807) is 0 Å². The third kappa shape index (κ3) is 4.37. The van der Waals surface area contributed by atoms with Gasteiger partial charge in [-0.1, -0.05) is 42.2 Å². The van der Waals surface area contributed by atoms with E-state index in [1.807, 2.05) is 35.2 Å². The molecule has 0 spiro atoms. The Morgan fingerprint density at radius 3 is 2.46 bits per heavy atom. The van der Waals surface area contributed by atoms with Crippen LogP contribution in [0.25, 0.3) is 0 Å². The molecular formula is C22H25N3O. The summed E-state index contributed by atoms with van der Waals surface area (Å²) >= 11 is 0. The Morgan fingerprint density at radius 2 is 1.73 bits per heavy atom. The summed E-state index contributed by atoms with van der Waals surface area (Å²) in [6.07, 6.45) is 0. The third-order valence-corrected chi connectivity index (χ3v) is 4.82. The van der Waals surface area contributed by atoms with Crippen LogP contribution in [0.3, 0.4) is 0 Å². The second kappa shape index (κ2) is 8.44. The fourth-order valence-electron chi connectivity index (χ4n) is 3.13. The van der Waals surface area contributed by atoms with Crippen molar-refractivity contribution in [2.75, 3.05) is 37.6 Å². The fraction of sp³-hybridized carbons (Fsp3) is 0.318. The molecule has 26 heavy (non-hydrogen) atoms. The smallest absolute Gasteiger partial charge is 0.318 e. The van der Waals surface area contributed by atoms with Crippen LogP contribution in [0.15, 0.2) is 48.5 Å². The molecule has 2 amide bonds. The first-order chi connectivity index (χ1) is 12.6. The van der Waals surface area contributed by atoms with Crippen molar-refractivity contribution >= 4 is 11.7 Å². The minimum atomic E-state index is -0.0343. The average molecular weight is 347 g/mol. The Bertz CT molecular complexity index is 812. The molecular weight excluding hydrogens is 322 g/mol. The largest absolute Gasteiger partial charge is 0.368 e. The predicted octanol–water partition coefficient (Wildman–Crippen LogP) is 3.19. The summed E-state index contributed by atoms with van der Waals surface area (Å²) in [5, 5.41) is 2.89. The summed E-state index contributed by atoms with van der Waals surface area (Å²) in [6, 6.07) is 16.2. The van der Waals surface area contributed by atoms with Crippen LogP contribution in [0, 0.1) is 25.7 Å². The topological polar surface area (TPSA) is 35.6 Å². The molecule has 3 rings (SSSR count). The number of hydrogen-bond acceptors (Lipinski definition) is 2. The second-order valence-corrected chi connectivity index (χ2v) is 6.52. The lowest BCUT2D eigenvalue weighted by Gasteiger charge is -2.36. The number of carbonyl (C=O) groups excluding carboxylic acids is 1. The maximum absolute atomic E-state index is 12.3. The van der Waals surface area contributed by atoms with Gasteiger partial charge in [-0.25, -0.2) is 4.79 Å². The first-order valence-corrected chi connectivity index (χ1v) is 9.03. The van der Waals surface area contributed by atoms with E-state index in [-0.39, 0.29) is 6.03 Å². The first-order valence-electron chi connectivity index (χ1n) is 9.03. The van der Waals surface area contributed by atoms with Crippen LogP contribution in [0.5, 0.6) is 0 Å². The number of piperazine rings is 1. The van der Waals surface area contributed by atoms with Gasteiger partial charge in [0, 0.05) is 37.4 Å². The molecule has 4 nitrogen and oxygen atoms in total.